The number of benzene rings is 2. The molecule has 2 aromatic carbocycles. The first-order valence-corrected chi connectivity index (χ1v) is 6.86. The van der Waals surface area contributed by atoms with Crippen LogP contribution in [-0.2, 0) is 17.6 Å². The van der Waals surface area contributed by atoms with E-state index in [0.29, 0.717) is 12.8 Å². The lowest BCUT2D eigenvalue weighted by Gasteiger charge is -2.04. The summed E-state index contributed by atoms with van der Waals surface area (Å²) in [5.41, 5.74) is 2.06. The SMILES string of the molecule is COc1ccc(CC(=O)Cc2ccc(Br)cc2)cc1. The van der Waals surface area contributed by atoms with Crippen molar-refractivity contribution in [2.45, 2.75) is 12.8 Å². The molecular formula is C16H15BrO2. The fourth-order valence-electron chi connectivity index (χ4n) is 1.86. The number of carbonyl (C=O) groups is 1. The van der Waals surface area contributed by atoms with Gasteiger partial charge in [-0.05, 0) is 35.4 Å². The van der Waals surface area contributed by atoms with Crippen LogP contribution in [0.25, 0.3) is 0 Å². The van der Waals surface area contributed by atoms with E-state index in [1.807, 2.05) is 48.5 Å². The van der Waals surface area contributed by atoms with Crippen molar-refractivity contribution in [2.75, 3.05) is 7.11 Å². The van der Waals surface area contributed by atoms with Crippen molar-refractivity contribution in [1.82, 2.24) is 0 Å². The highest BCUT2D eigenvalue weighted by Crippen LogP contribution is 2.14. The number of methoxy groups -OCH3 is 1. The molecule has 0 saturated carbocycles. The monoisotopic (exact) mass is 318 g/mol. The molecule has 0 spiro atoms. The zero-order valence-corrected chi connectivity index (χ0v) is 12.3. The van der Waals surface area contributed by atoms with Crippen LogP contribution in [0.1, 0.15) is 11.1 Å². The minimum Gasteiger partial charge on any atom is -0.497 e. The van der Waals surface area contributed by atoms with E-state index in [-0.39, 0.29) is 5.78 Å². The predicted molar refractivity (Wildman–Crippen MR) is 79.6 cm³/mol. The third-order valence-electron chi connectivity index (χ3n) is 2.87. The molecule has 0 heterocycles. The lowest BCUT2D eigenvalue weighted by Crippen LogP contribution is -2.06. The third-order valence-corrected chi connectivity index (χ3v) is 3.40. The second-order valence-corrected chi connectivity index (χ2v) is 5.28. The number of hydrogen-bond donors (Lipinski definition) is 0. The van der Waals surface area contributed by atoms with Crippen LogP contribution in [0.4, 0.5) is 0 Å². The van der Waals surface area contributed by atoms with Crippen LogP contribution in [-0.4, -0.2) is 12.9 Å². The largest absolute Gasteiger partial charge is 0.497 e. The molecule has 2 aromatic rings. The normalized spacial score (nSPS) is 10.2. The van der Waals surface area contributed by atoms with Crippen molar-refractivity contribution in [1.29, 1.82) is 0 Å². The number of carbonyl (C=O) groups excluding carboxylic acids is 1. The van der Waals surface area contributed by atoms with Crippen LogP contribution in [0.3, 0.4) is 0 Å². The molecule has 0 N–H and O–H groups in total. The average Bonchev–Trinajstić information content (AvgIpc) is 2.42. The molecule has 0 saturated heterocycles. The van der Waals surface area contributed by atoms with Gasteiger partial charge in [0.15, 0.2) is 0 Å². The van der Waals surface area contributed by atoms with E-state index in [1.165, 1.54) is 0 Å². The molecular weight excluding hydrogens is 304 g/mol. The van der Waals surface area contributed by atoms with Crippen LogP contribution in [0.15, 0.2) is 53.0 Å². The van der Waals surface area contributed by atoms with Gasteiger partial charge in [0.05, 0.1) is 7.11 Å². The summed E-state index contributed by atoms with van der Waals surface area (Å²) in [6, 6.07) is 15.5. The molecule has 19 heavy (non-hydrogen) atoms. The van der Waals surface area contributed by atoms with Gasteiger partial charge in [-0.3, -0.25) is 4.79 Å². The summed E-state index contributed by atoms with van der Waals surface area (Å²) in [5.74, 6) is 1.02. The van der Waals surface area contributed by atoms with Crippen molar-refractivity contribution >= 4 is 21.7 Å². The Morgan fingerprint density at radius 3 is 1.89 bits per heavy atom. The van der Waals surface area contributed by atoms with E-state index in [9.17, 15) is 4.79 Å². The first-order chi connectivity index (χ1) is 9.17. The lowest BCUT2D eigenvalue weighted by atomic mass is 10.0. The summed E-state index contributed by atoms with van der Waals surface area (Å²) in [4.78, 5) is 12.0. The fourth-order valence-corrected chi connectivity index (χ4v) is 2.13. The van der Waals surface area contributed by atoms with Gasteiger partial charge in [-0.25, -0.2) is 0 Å². The van der Waals surface area contributed by atoms with Gasteiger partial charge in [0.1, 0.15) is 11.5 Å². The van der Waals surface area contributed by atoms with Gasteiger partial charge in [0.2, 0.25) is 0 Å². The molecule has 0 amide bonds. The summed E-state index contributed by atoms with van der Waals surface area (Å²) in [6.07, 6.45) is 0.930. The second kappa shape index (κ2) is 6.53. The number of Topliss-reactive ketones (excluding diaryl/α,β-unsaturated/α-hetero) is 1. The molecule has 0 aliphatic carbocycles. The van der Waals surface area contributed by atoms with E-state index in [4.69, 9.17) is 4.74 Å². The van der Waals surface area contributed by atoms with Crippen LogP contribution in [0, 0.1) is 0 Å². The third kappa shape index (κ3) is 4.21. The summed E-state index contributed by atoms with van der Waals surface area (Å²) in [5, 5.41) is 0. The maximum Gasteiger partial charge on any atom is 0.141 e. The number of halogens is 1. The standard InChI is InChI=1S/C16H15BrO2/c1-19-16-8-4-13(5-9-16)11-15(18)10-12-2-6-14(17)7-3-12/h2-9H,10-11H2,1H3. The van der Waals surface area contributed by atoms with Crippen molar-refractivity contribution in [3.05, 3.63) is 64.1 Å². The summed E-state index contributed by atoms with van der Waals surface area (Å²) >= 11 is 3.38. The zero-order valence-electron chi connectivity index (χ0n) is 10.7. The molecule has 0 unspecified atom stereocenters. The number of hydrogen-bond acceptors (Lipinski definition) is 2. The van der Waals surface area contributed by atoms with Gasteiger partial charge in [-0.1, -0.05) is 40.2 Å². The van der Waals surface area contributed by atoms with Gasteiger partial charge in [-0.2, -0.15) is 0 Å². The van der Waals surface area contributed by atoms with Crippen LogP contribution < -0.4 is 4.74 Å². The van der Waals surface area contributed by atoms with E-state index in [0.717, 1.165) is 21.3 Å². The van der Waals surface area contributed by atoms with E-state index in [2.05, 4.69) is 15.9 Å². The first kappa shape index (κ1) is 13.8. The van der Waals surface area contributed by atoms with E-state index < -0.39 is 0 Å². The van der Waals surface area contributed by atoms with Gasteiger partial charge in [0, 0.05) is 17.3 Å². The zero-order chi connectivity index (χ0) is 13.7. The van der Waals surface area contributed by atoms with Crippen LogP contribution in [0.2, 0.25) is 0 Å². The molecule has 2 nitrogen and oxygen atoms in total. The Bertz CT molecular complexity index is 544. The summed E-state index contributed by atoms with van der Waals surface area (Å²) in [6.45, 7) is 0. The van der Waals surface area contributed by atoms with Crippen molar-refractivity contribution < 1.29 is 9.53 Å². The maximum absolute atomic E-state index is 12.0. The summed E-state index contributed by atoms with van der Waals surface area (Å²) < 4.78 is 6.12. The van der Waals surface area contributed by atoms with Gasteiger partial charge in [-0.15, -0.1) is 0 Å². The lowest BCUT2D eigenvalue weighted by molar-refractivity contribution is -0.117. The molecule has 0 aromatic heterocycles. The molecule has 0 radical (unpaired) electrons. The Balaban J connectivity index is 1.95. The molecule has 0 atom stereocenters. The highest BCUT2D eigenvalue weighted by Gasteiger charge is 2.05. The minimum atomic E-state index is 0.215. The van der Waals surface area contributed by atoms with Crippen LogP contribution >= 0.6 is 15.9 Å². The molecule has 0 fully saturated rings. The Morgan fingerprint density at radius 1 is 0.947 bits per heavy atom. The molecule has 98 valence electrons. The predicted octanol–water partition coefficient (Wildman–Crippen LogP) is 3.81. The number of ketones is 1. The smallest absolute Gasteiger partial charge is 0.141 e. The van der Waals surface area contributed by atoms with Gasteiger partial charge >= 0.3 is 0 Å². The van der Waals surface area contributed by atoms with Crippen molar-refractivity contribution in [3.63, 3.8) is 0 Å². The molecule has 0 aliphatic rings. The molecule has 0 aliphatic heterocycles. The Hall–Kier alpha value is -1.61. The quantitative estimate of drug-likeness (QED) is 0.838. The molecule has 2 rings (SSSR count). The summed E-state index contributed by atoms with van der Waals surface area (Å²) in [7, 11) is 1.63. The fraction of sp³-hybridized carbons (Fsp3) is 0.188. The Kier molecular flexibility index (Phi) is 4.74. The maximum atomic E-state index is 12.0. The Morgan fingerprint density at radius 2 is 1.42 bits per heavy atom. The number of ether oxygens (including phenoxy) is 1. The first-order valence-electron chi connectivity index (χ1n) is 6.06. The minimum absolute atomic E-state index is 0.215. The Labute approximate surface area is 121 Å². The number of rotatable bonds is 5. The van der Waals surface area contributed by atoms with Crippen molar-refractivity contribution in [3.8, 4) is 5.75 Å². The molecule has 3 heteroatoms. The van der Waals surface area contributed by atoms with Gasteiger partial charge in [0.25, 0.3) is 0 Å². The van der Waals surface area contributed by atoms with Crippen LogP contribution in [0.5, 0.6) is 5.75 Å². The topological polar surface area (TPSA) is 26.3 Å². The average molecular weight is 319 g/mol. The van der Waals surface area contributed by atoms with Gasteiger partial charge < -0.3 is 4.74 Å². The highest BCUT2D eigenvalue weighted by atomic mass is 79.9. The second-order valence-electron chi connectivity index (χ2n) is 4.37. The highest BCUT2D eigenvalue weighted by molar-refractivity contribution is 9.10. The van der Waals surface area contributed by atoms with E-state index in [1.54, 1.807) is 7.11 Å². The molecule has 0 bridgehead atoms. The van der Waals surface area contributed by atoms with Crippen molar-refractivity contribution in [2.24, 2.45) is 0 Å². The van der Waals surface area contributed by atoms with E-state index >= 15 is 0 Å².